The summed E-state index contributed by atoms with van der Waals surface area (Å²) in [5.41, 5.74) is 1.61. The van der Waals surface area contributed by atoms with E-state index >= 15 is 0 Å². The van der Waals surface area contributed by atoms with Crippen molar-refractivity contribution >= 4 is 5.91 Å². The minimum atomic E-state index is -0.0676. The van der Waals surface area contributed by atoms with E-state index in [0.717, 1.165) is 38.3 Å². The van der Waals surface area contributed by atoms with E-state index in [0.29, 0.717) is 24.5 Å². The Morgan fingerprint density at radius 2 is 2.12 bits per heavy atom. The van der Waals surface area contributed by atoms with Gasteiger partial charge >= 0.3 is 0 Å². The standard InChI is InChI=1S/C19H24N4O2/c24-19(22-9-12-23-10-7-20-8-11-23)17-4-1-5-18(13-17)25-15-16-3-2-6-21-14-16/h1-6,13-14,20H,7-12,15H2,(H,22,24). The van der Waals surface area contributed by atoms with E-state index in [4.69, 9.17) is 4.74 Å². The van der Waals surface area contributed by atoms with Crippen LogP contribution in [0.5, 0.6) is 5.75 Å². The molecule has 1 aliphatic rings. The van der Waals surface area contributed by atoms with Crippen molar-refractivity contribution < 1.29 is 9.53 Å². The molecule has 0 aliphatic carbocycles. The molecule has 0 saturated carbocycles. The maximum absolute atomic E-state index is 12.3. The van der Waals surface area contributed by atoms with Crippen molar-refractivity contribution in [3.8, 4) is 5.75 Å². The quantitative estimate of drug-likeness (QED) is 0.795. The summed E-state index contributed by atoms with van der Waals surface area (Å²) in [4.78, 5) is 18.7. The second-order valence-electron chi connectivity index (χ2n) is 6.03. The Kier molecular flexibility index (Phi) is 6.36. The molecule has 0 spiro atoms. The summed E-state index contributed by atoms with van der Waals surface area (Å²) in [6.45, 7) is 6.07. The molecule has 1 amide bonds. The zero-order chi connectivity index (χ0) is 17.3. The Bertz CT molecular complexity index is 672. The summed E-state index contributed by atoms with van der Waals surface area (Å²) in [6, 6.07) is 11.1. The number of amides is 1. The Morgan fingerprint density at radius 3 is 2.92 bits per heavy atom. The molecule has 1 fully saturated rings. The van der Waals surface area contributed by atoms with Gasteiger partial charge < -0.3 is 15.4 Å². The van der Waals surface area contributed by atoms with Gasteiger partial charge in [0.05, 0.1) is 0 Å². The van der Waals surface area contributed by atoms with Gasteiger partial charge in [-0.05, 0) is 24.3 Å². The molecular weight excluding hydrogens is 316 g/mol. The third-order valence-corrected chi connectivity index (χ3v) is 4.15. The number of aromatic nitrogens is 1. The molecule has 1 saturated heterocycles. The van der Waals surface area contributed by atoms with Crippen LogP contribution >= 0.6 is 0 Å². The topological polar surface area (TPSA) is 66.5 Å². The number of nitrogens with one attached hydrogen (secondary N) is 2. The molecule has 2 N–H and O–H groups in total. The van der Waals surface area contributed by atoms with Crippen LogP contribution in [-0.4, -0.2) is 55.1 Å². The zero-order valence-corrected chi connectivity index (χ0v) is 14.3. The first-order valence-electron chi connectivity index (χ1n) is 8.64. The summed E-state index contributed by atoms with van der Waals surface area (Å²) >= 11 is 0. The minimum absolute atomic E-state index is 0.0676. The van der Waals surface area contributed by atoms with Crippen molar-refractivity contribution in [2.45, 2.75) is 6.61 Å². The number of ether oxygens (including phenoxy) is 1. The van der Waals surface area contributed by atoms with E-state index in [2.05, 4.69) is 20.5 Å². The maximum Gasteiger partial charge on any atom is 0.251 e. The summed E-state index contributed by atoms with van der Waals surface area (Å²) in [5, 5.41) is 6.30. The number of pyridine rings is 1. The van der Waals surface area contributed by atoms with Crippen molar-refractivity contribution in [1.29, 1.82) is 0 Å². The Balaban J connectivity index is 1.47. The largest absolute Gasteiger partial charge is 0.489 e. The molecule has 3 rings (SSSR count). The average Bonchev–Trinajstić information content (AvgIpc) is 2.68. The lowest BCUT2D eigenvalue weighted by molar-refractivity contribution is 0.0947. The van der Waals surface area contributed by atoms with Gasteiger partial charge in [-0.15, -0.1) is 0 Å². The van der Waals surface area contributed by atoms with Crippen molar-refractivity contribution in [2.75, 3.05) is 39.3 Å². The fraction of sp³-hybridized carbons (Fsp3) is 0.368. The highest BCUT2D eigenvalue weighted by molar-refractivity contribution is 5.94. The lowest BCUT2D eigenvalue weighted by Gasteiger charge is -2.27. The molecule has 0 unspecified atom stereocenters. The van der Waals surface area contributed by atoms with Crippen LogP contribution in [0.15, 0.2) is 48.8 Å². The molecule has 0 radical (unpaired) electrons. The first-order chi connectivity index (χ1) is 12.3. The smallest absolute Gasteiger partial charge is 0.251 e. The molecule has 6 heteroatoms. The SMILES string of the molecule is O=C(NCCN1CCNCC1)c1cccc(OCc2cccnc2)c1. The van der Waals surface area contributed by atoms with Crippen LogP contribution in [0.2, 0.25) is 0 Å². The fourth-order valence-corrected chi connectivity index (χ4v) is 2.74. The molecule has 2 aromatic rings. The normalized spacial score (nSPS) is 14.9. The third-order valence-electron chi connectivity index (χ3n) is 4.15. The highest BCUT2D eigenvalue weighted by Crippen LogP contribution is 2.15. The minimum Gasteiger partial charge on any atom is -0.489 e. The van der Waals surface area contributed by atoms with Crippen LogP contribution in [-0.2, 0) is 6.61 Å². The molecule has 1 aromatic carbocycles. The molecule has 25 heavy (non-hydrogen) atoms. The van der Waals surface area contributed by atoms with Crippen molar-refractivity contribution in [3.63, 3.8) is 0 Å². The molecule has 0 bridgehead atoms. The zero-order valence-electron chi connectivity index (χ0n) is 14.3. The van der Waals surface area contributed by atoms with Crippen LogP contribution in [0, 0.1) is 0 Å². The summed E-state index contributed by atoms with van der Waals surface area (Å²) in [5.74, 6) is 0.612. The number of hydrogen-bond donors (Lipinski definition) is 2. The van der Waals surface area contributed by atoms with Gasteiger partial charge in [0.15, 0.2) is 0 Å². The number of hydrogen-bond acceptors (Lipinski definition) is 5. The molecule has 1 aliphatic heterocycles. The Hall–Kier alpha value is -2.44. The lowest BCUT2D eigenvalue weighted by atomic mass is 10.2. The van der Waals surface area contributed by atoms with Crippen LogP contribution < -0.4 is 15.4 Å². The predicted octanol–water partition coefficient (Wildman–Crippen LogP) is 1.30. The summed E-state index contributed by atoms with van der Waals surface area (Å²) < 4.78 is 5.75. The number of benzene rings is 1. The Morgan fingerprint density at radius 1 is 1.24 bits per heavy atom. The summed E-state index contributed by atoms with van der Waals surface area (Å²) in [7, 11) is 0. The summed E-state index contributed by atoms with van der Waals surface area (Å²) in [6.07, 6.45) is 3.50. The number of carbonyl (C=O) groups excluding carboxylic acids is 1. The van der Waals surface area contributed by atoms with Crippen LogP contribution in [0.25, 0.3) is 0 Å². The highest BCUT2D eigenvalue weighted by Gasteiger charge is 2.10. The van der Waals surface area contributed by atoms with E-state index in [1.165, 1.54) is 0 Å². The number of piperazine rings is 1. The molecule has 2 heterocycles. The molecule has 1 aromatic heterocycles. The highest BCUT2D eigenvalue weighted by atomic mass is 16.5. The average molecular weight is 340 g/mol. The lowest BCUT2D eigenvalue weighted by Crippen LogP contribution is -2.46. The van der Waals surface area contributed by atoms with Crippen molar-refractivity contribution in [3.05, 3.63) is 59.9 Å². The van der Waals surface area contributed by atoms with Crippen molar-refractivity contribution in [1.82, 2.24) is 20.5 Å². The van der Waals surface area contributed by atoms with Gasteiger partial charge in [0.25, 0.3) is 5.91 Å². The van der Waals surface area contributed by atoms with Gasteiger partial charge in [0, 0.05) is 62.8 Å². The maximum atomic E-state index is 12.3. The fourth-order valence-electron chi connectivity index (χ4n) is 2.74. The van der Waals surface area contributed by atoms with E-state index in [1.807, 2.05) is 24.3 Å². The van der Waals surface area contributed by atoms with Gasteiger partial charge in [-0.3, -0.25) is 14.7 Å². The second-order valence-corrected chi connectivity index (χ2v) is 6.03. The van der Waals surface area contributed by atoms with Crippen LogP contribution in [0.4, 0.5) is 0 Å². The van der Waals surface area contributed by atoms with Gasteiger partial charge in [-0.25, -0.2) is 0 Å². The third kappa shape index (κ3) is 5.55. The van der Waals surface area contributed by atoms with E-state index < -0.39 is 0 Å². The number of carbonyl (C=O) groups is 1. The van der Waals surface area contributed by atoms with E-state index in [-0.39, 0.29) is 5.91 Å². The van der Waals surface area contributed by atoms with Gasteiger partial charge in [0.1, 0.15) is 12.4 Å². The first kappa shape index (κ1) is 17.4. The van der Waals surface area contributed by atoms with Gasteiger partial charge in [-0.2, -0.15) is 0 Å². The van der Waals surface area contributed by atoms with E-state index in [9.17, 15) is 4.79 Å². The first-order valence-corrected chi connectivity index (χ1v) is 8.64. The van der Waals surface area contributed by atoms with Gasteiger partial charge in [-0.1, -0.05) is 12.1 Å². The molecule has 0 atom stereocenters. The van der Waals surface area contributed by atoms with Crippen LogP contribution in [0.3, 0.4) is 0 Å². The number of nitrogens with zero attached hydrogens (tertiary/aromatic N) is 2. The molecule has 6 nitrogen and oxygen atoms in total. The molecule has 132 valence electrons. The van der Waals surface area contributed by atoms with Crippen molar-refractivity contribution in [2.24, 2.45) is 0 Å². The predicted molar refractivity (Wildman–Crippen MR) is 96.7 cm³/mol. The van der Waals surface area contributed by atoms with Gasteiger partial charge in [0.2, 0.25) is 0 Å². The monoisotopic (exact) mass is 340 g/mol. The number of rotatable bonds is 7. The van der Waals surface area contributed by atoms with Crippen LogP contribution in [0.1, 0.15) is 15.9 Å². The Labute approximate surface area is 148 Å². The molecular formula is C19H24N4O2. The second kappa shape index (κ2) is 9.15. The van der Waals surface area contributed by atoms with E-state index in [1.54, 1.807) is 24.5 Å².